The number of rotatable bonds is 5. The van der Waals surface area contributed by atoms with Crippen LogP contribution in [-0.2, 0) is 14.3 Å². The first kappa shape index (κ1) is 16.0. The molecule has 5 nitrogen and oxygen atoms in total. The van der Waals surface area contributed by atoms with E-state index in [-0.39, 0.29) is 18.0 Å². The van der Waals surface area contributed by atoms with Gasteiger partial charge >= 0.3 is 5.97 Å². The highest BCUT2D eigenvalue weighted by Gasteiger charge is 2.19. The second-order valence-electron chi connectivity index (χ2n) is 4.80. The largest absolute Gasteiger partial charge is 0.462 e. The molecule has 1 N–H and O–H groups in total. The molecule has 0 saturated carbocycles. The summed E-state index contributed by atoms with van der Waals surface area (Å²) in [5.74, 6) is -0.470. The first-order chi connectivity index (χ1) is 10.1. The van der Waals surface area contributed by atoms with E-state index in [0.29, 0.717) is 28.8 Å². The smallest absolute Gasteiger partial charge is 0.338 e. The van der Waals surface area contributed by atoms with Gasteiger partial charge in [0.05, 0.1) is 30.4 Å². The number of carbonyl (C=O) groups is 2. The molecule has 2 rings (SSSR count). The van der Waals surface area contributed by atoms with Crippen molar-refractivity contribution in [2.75, 3.05) is 18.5 Å². The van der Waals surface area contributed by atoms with Crippen molar-refractivity contribution < 1.29 is 19.1 Å². The number of halogens is 1. The zero-order chi connectivity index (χ0) is 15.2. The van der Waals surface area contributed by atoms with Gasteiger partial charge in [-0.2, -0.15) is 0 Å². The van der Waals surface area contributed by atoms with Gasteiger partial charge in [0.2, 0.25) is 5.91 Å². The molecule has 0 radical (unpaired) electrons. The molecule has 1 fully saturated rings. The second kappa shape index (κ2) is 7.56. The topological polar surface area (TPSA) is 64.6 Å². The fourth-order valence-corrected chi connectivity index (χ4v) is 2.65. The number of ether oxygens (including phenoxy) is 2. The minimum Gasteiger partial charge on any atom is -0.462 e. The molecule has 21 heavy (non-hydrogen) atoms. The molecular formula is C15H18BrNO4. The summed E-state index contributed by atoms with van der Waals surface area (Å²) in [5.41, 5.74) is 1.08. The van der Waals surface area contributed by atoms with Crippen LogP contribution in [0.5, 0.6) is 0 Å². The van der Waals surface area contributed by atoms with Crippen molar-refractivity contribution in [3.05, 3.63) is 28.2 Å². The number of benzene rings is 1. The minimum absolute atomic E-state index is 0.0163. The second-order valence-corrected chi connectivity index (χ2v) is 5.66. The van der Waals surface area contributed by atoms with E-state index in [2.05, 4.69) is 21.2 Å². The van der Waals surface area contributed by atoms with Crippen molar-refractivity contribution in [3.63, 3.8) is 0 Å². The van der Waals surface area contributed by atoms with Gasteiger partial charge in [0.15, 0.2) is 0 Å². The number of anilines is 1. The molecule has 114 valence electrons. The highest BCUT2D eigenvalue weighted by Crippen LogP contribution is 2.25. The molecule has 1 aliphatic rings. The Bertz CT molecular complexity index is 526. The van der Waals surface area contributed by atoms with E-state index in [0.717, 1.165) is 19.4 Å². The summed E-state index contributed by atoms with van der Waals surface area (Å²) in [5, 5.41) is 2.82. The minimum atomic E-state index is -0.379. The third-order valence-corrected chi connectivity index (χ3v) is 3.85. The normalized spacial score (nSPS) is 17.5. The van der Waals surface area contributed by atoms with Crippen LogP contribution in [0, 0.1) is 0 Å². The van der Waals surface area contributed by atoms with Crippen LogP contribution in [0.3, 0.4) is 0 Å². The SMILES string of the molecule is CCOC(=O)c1ccc(NC(=O)CC2CCCO2)c(Br)c1. The molecular weight excluding hydrogens is 338 g/mol. The van der Waals surface area contributed by atoms with Gasteiger partial charge in [-0.25, -0.2) is 4.79 Å². The van der Waals surface area contributed by atoms with Crippen LogP contribution in [0.4, 0.5) is 5.69 Å². The molecule has 1 aliphatic heterocycles. The van der Waals surface area contributed by atoms with Crippen LogP contribution in [0.1, 0.15) is 36.5 Å². The maximum absolute atomic E-state index is 11.9. The third-order valence-electron chi connectivity index (χ3n) is 3.19. The summed E-state index contributed by atoms with van der Waals surface area (Å²) in [6.45, 7) is 2.82. The number of hydrogen-bond acceptors (Lipinski definition) is 4. The molecule has 1 saturated heterocycles. The lowest BCUT2D eigenvalue weighted by molar-refractivity contribution is -0.118. The lowest BCUT2D eigenvalue weighted by Crippen LogP contribution is -2.19. The van der Waals surface area contributed by atoms with Gasteiger partial charge < -0.3 is 14.8 Å². The monoisotopic (exact) mass is 355 g/mol. The Morgan fingerprint density at radius 1 is 1.48 bits per heavy atom. The predicted molar refractivity (Wildman–Crippen MR) is 82.3 cm³/mol. The third kappa shape index (κ3) is 4.54. The quantitative estimate of drug-likeness (QED) is 0.824. The zero-order valence-electron chi connectivity index (χ0n) is 11.9. The van der Waals surface area contributed by atoms with E-state index in [1.165, 1.54) is 0 Å². The molecule has 1 aromatic rings. The summed E-state index contributed by atoms with van der Waals surface area (Å²) in [4.78, 5) is 23.6. The molecule has 0 bridgehead atoms. The maximum Gasteiger partial charge on any atom is 0.338 e. The summed E-state index contributed by atoms with van der Waals surface area (Å²) < 4.78 is 11.0. The Morgan fingerprint density at radius 2 is 2.29 bits per heavy atom. The first-order valence-electron chi connectivity index (χ1n) is 6.98. The molecule has 6 heteroatoms. The van der Waals surface area contributed by atoms with Crippen LogP contribution in [0.15, 0.2) is 22.7 Å². The average Bonchev–Trinajstić information content (AvgIpc) is 2.94. The van der Waals surface area contributed by atoms with E-state index in [1.807, 2.05) is 0 Å². The van der Waals surface area contributed by atoms with E-state index in [1.54, 1.807) is 25.1 Å². The van der Waals surface area contributed by atoms with Crippen LogP contribution in [0.2, 0.25) is 0 Å². The summed E-state index contributed by atoms with van der Waals surface area (Å²) in [7, 11) is 0. The molecule has 1 heterocycles. The van der Waals surface area contributed by atoms with E-state index in [4.69, 9.17) is 9.47 Å². The molecule has 0 aromatic heterocycles. The molecule has 0 aliphatic carbocycles. The van der Waals surface area contributed by atoms with Crippen LogP contribution >= 0.6 is 15.9 Å². The van der Waals surface area contributed by atoms with Gasteiger partial charge in [-0.15, -0.1) is 0 Å². The molecule has 1 aromatic carbocycles. The Kier molecular flexibility index (Phi) is 5.76. The van der Waals surface area contributed by atoms with Crippen LogP contribution in [-0.4, -0.2) is 31.2 Å². The Hall–Kier alpha value is -1.40. The van der Waals surface area contributed by atoms with Crippen molar-refractivity contribution in [1.82, 2.24) is 0 Å². The van der Waals surface area contributed by atoms with Crippen molar-refractivity contribution in [2.24, 2.45) is 0 Å². The fourth-order valence-electron chi connectivity index (χ4n) is 2.17. The Balaban J connectivity index is 1.96. The number of nitrogens with one attached hydrogen (secondary N) is 1. The summed E-state index contributed by atoms with van der Waals surface area (Å²) in [6, 6.07) is 4.95. The maximum atomic E-state index is 11.9. The van der Waals surface area contributed by atoms with Gasteiger partial charge in [0.1, 0.15) is 0 Å². The Labute approximate surface area is 132 Å². The number of amides is 1. The molecule has 1 unspecified atom stereocenters. The molecule has 0 spiro atoms. The zero-order valence-corrected chi connectivity index (χ0v) is 13.4. The molecule has 1 amide bonds. The van der Waals surface area contributed by atoms with Gasteiger partial charge in [-0.1, -0.05) is 0 Å². The van der Waals surface area contributed by atoms with Crippen molar-refractivity contribution in [2.45, 2.75) is 32.3 Å². The van der Waals surface area contributed by atoms with Crippen molar-refractivity contribution in [3.8, 4) is 0 Å². The number of hydrogen-bond donors (Lipinski definition) is 1. The van der Waals surface area contributed by atoms with E-state index in [9.17, 15) is 9.59 Å². The fraction of sp³-hybridized carbons (Fsp3) is 0.467. The molecule has 1 atom stereocenters. The lowest BCUT2D eigenvalue weighted by atomic mass is 10.1. The number of carbonyl (C=O) groups excluding carboxylic acids is 2. The van der Waals surface area contributed by atoms with E-state index >= 15 is 0 Å². The highest BCUT2D eigenvalue weighted by atomic mass is 79.9. The lowest BCUT2D eigenvalue weighted by Gasteiger charge is -2.11. The highest BCUT2D eigenvalue weighted by molar-refractivity contribution is 9.10. The van der Waals surface area contributed by atoms with E-state index < -0.39 is 0 Å². The van der Waals surface area contributed by atoms with Gasteiger partial charge in [0.25, 0.3) is 0 Å². The summed E-state index contributed by atoms with van der Waals surface area (Å²) >= 11 is 3.35. The van der Waals surface area contributed by atoms with Crippen LogP contribution in [0.25, 0.3) is 0 Å². The van der Waals surface area contributed by atoms with Gasteiger partial charge in [-0.05, 0) is 53.9 Å². The number of esters is 1. The Morgan fingerprint density at radius 3 is 2.90 bits per heavy atom. The first-order valence-corrected chi connectivity index (χ1v) is 7.77. The average molecular weight is 356 g/mol. The van der Waals surface area contributed by atoms with Crippen molar-refractivity contribution >= 4 is 33.5 Å². The summed E-state index contributed by atoms with van der Waals surface area (Å²) in [6.07, 6.45) is 2.31. The predicted octanol–water partition coefficient (Wildman–Crippen LogP) is 3.13. The van der Waals surface area contributed by atoms with Crippen LogP contribution < -0.4 is 5.32 Å². The van der Waals surface area contributed by atoms with Crippen molar-refractivity contribution in [1.29, 1.82) is 0 Å². The standard InChI is InChI=1S/C15H18BrNO4/c1-2-20-15(19)10-5-6-13(12(16)8-10)17-14(18)9-11-4-3-7-21-11/h5-6,8,11H,2-4,7,9H2,1H3,(H,17,18). The van der Waals surface area contributed by atoms with Gasteiger partial charge in [0, 0.05) is 11.1 Å². The van der Waals surface area contributed by atoms with Gasteiger partial charge in [-0.3, -0.25) is 4.79 Å².